The second-order valence-corrected chi connectivity index (χ2v) is 6.88. The van der Waals surface area contributed by atoms with Crippen LogP contribution >= 0.6 is 12.6 Å². The Morgan fingerprint density at radius 1 is 0.750 bits per heavy atom. The van der Waals surface area contributed by atoms with E-state index in [0.29, 0.717) is 0 Å². The van der Waals surface area contributed by atoms with Crippen LogP contribution in [0.3, 0.4) is 0 Å². The highest BCUT2D eigenvalue weighted by atomic mass is 32.1. The molecule has 0 spiro atoms. The lowest BCUT2D eigenvalue weighted by molar-refractivity contribution is -0.145. The van der Waals surface area contributed by atoms with Crippen molar-refractivity contribution in [3.63, 3.8) is 0 Å². The predicted octanol–water partition coefficient (Wildman–Crippen LogP) is -4.00. The zero-order valence-electron chi connectivity index (χ0n) is 16.6. The number of nitrogens with two attached hydrogens (primary N) is 2. The number of carbonyl (C=O) groups is 7. The van der Waals surface area contributed by atoms with Crippen LogP contribution in [0, 0.1) is 0 Å². The normalized spacial score (nSPS) is 14.2. The van der Waals surface area contributed by atoms with Crippen LogP contribution in [0.25, 0.3) is 0 Å². The third-order valence-electron chi connectivity index (χ3n) is 3.85. The van der Waals surface area contributed by atoms with Gasteiger partial charge in [-0.25, -0.2) is 4.79 Å². The van der Waals surface area contributed by atoms with Crippen LogP contribution in [0.4, 0.5) is 0 Å². The number of carboxylic acids is 3. The molecule has 0 fully saturated rings. The number of carbonyl (C=O) groups excluding carboxylic acids is 4. The first-order valence-electron chi connectivity index (χ1n) is 9.00. The first-order valence-corrected chi connectivity index (χ1v) is 9.63. The van der Waals surface area contributed by atoms with Crippen molar-refractivity contribution in [3.05, 3.63) is 0 Å². The van der Waals surface area contributed by atoms with Crippen LogP contribution in [0.5, 0.6) is 0 Å². The van der Waals surface area contributed by atoms with Gasteiger partial charge in [0.25, 0.3) is 0 Å². The minimum Gasteiger partial charge on any atom is -0.481 e. The Morgan fingerprint density at radius 3 is 1.50 bits per heavy atom. The number of rotatable bonds is 15. The third kappa shape index (κ3) is 11.1. The molecule has 0 heterocycles. The molecule has 4 unspecified atom stereocenters. The van der Waals surface area contributed by atoms with E-state index in [9.17, 15) is 33.6 Å². The van der Waals surface area contributed by atoms with Crippen LogP contribution < -0.4 is 27.4 Å². The van der Waals surface area contributed by atoms with Crippen molar-refractivity contribution in [2.75, 3.05) is 5.75 Å². The maximum atomic E-state index is 12.5. The highest BCUT2D eigenvalue weighted by molar-refractivity contribution is 7.80. The van der Waals surface area contributed by atoms with Gasteiger partial charge in [0.2, 0.25) is 23.6 Å². The van der Waals surface area contributed by atoms with E-state index >= 15 is 0 Å². The van der Waals surface area contributed by atoms with Gasteiger partial charge in [-0.15, -0.1) is 0 Å². The van der Waals surface area contributed by atoms with Crippen LogP contribution in [-0.2, 0) is 33.6 Å². The Kier molecular flexibility index (Phi) is 12.3. The molecule has 0 aromatic heterocycles. The highest BCUT2D eigenvalue weighted by Crippen LogP contribution is 2.03. The number of hydrogen-bond acceptors (Lipinski definition) is 9. The summed E-state index contributed by atoms with van der Waals surface area (Å²) in [7, 11) is 0. The van der Waals surface area contributed by atoms with E-state index in [0.717, 1.165) is 0 Å². The minimum atomic E-state index is -1.83. The molecule has 0 aliphatic heterocycles. The van der Waals surface area contributed by atoms with Gasteiger partial charge < -0.3 is 42.7 Å². The molecule has 0 bridgehead atoms. The summed E-state index contributed by atoms with van der Waals surface area (Å²) in [6.07, 6.45) is -2.72. The number of aliphatic carboxylic acids is 3. The first kappa shape index (κ1) is 28.6. The second kappa shape index (κ2) is 13.8. The van der Waals surface area contributed by atoms with Gasteiger partial charge in [0.15, 0.2) is 0 Å². The lowest BCUT2D eigenvalue weighted by Crippen LogP contribution is -2.58. The standard InChI is InChI=1S/C16H25N5O10S/c17-6(5-32)13(27)20-8(3-11(23)24)15(29)21-9(4-12(25)26)14(28)19-7(16(30)31)1-2-10(18)22/h6-9,32H,1-5,17H2,(H2,18,22)(H,19,28)(H,20,27)(H,21,29)(H,23,24)(H,25,26)(H,30,31). The van der Waals surface area contributed by atoms with E-state index in [1.165, 1.54) is 0 Å². The topological polar surface area (TPSA) is 268 Å². The molecule has 0 aromatic carbocycles. The zero-order chi connectivity index (χ0) is 25.0. The Balaban J connectivity index is 5.51. The molecule has 4 amide bonds. The van der Waals surface area contributed by atoms with Crippen LogP contribution in [-0.4, -0.2) is 86.8 Å². The van der Waals surface area contributed by atoms with Crippen LogP contribution in [0.15, 0.2) is 0 Å². The monoisotopic (exact) mass is 479 g/mol. The average molecular weight is 479 g/mol. The second-order valence-electron chi connectivity index (χ2n) is 6.51. The first-order chi connectivity index (χ1) is 14.8. The third-order valence-corrected chi connectivity index (χ3v) is 4.24. The summed E-state index contributed by atoms with van der Waals surface area (Å²) in [6, 6.07) is -6.35. The van der Waals surface area contributed by atoms with E-state index in [4.69, 9.17) is 26.8 Å². The van der Waals surface area contributed by atoms with E-state index < -0.39 is 91.4 Å². The summed E-state index contributed by atoms with van der Waals surface area (Å²) in [4.78, 5) is 80.9. The van der Waals surface area contributed by atoms with Gasteiger partial charge in [-0.05, 0) is 6.42 Å². The summed E-state index contributed by atoms with van der Waals surface area (Å²) in [5, 5.41) is 33.1. The Morgan fingerprint density at radius 2 is 1.16 bits per heavy atom. The Hall–Kier alpha value is -3.40. The molecule has 15 nitrogen and oxygen atoms in total. The summed E-state index contributed by atoms with van der Waals surface area (Å²) in [5.41, 5.74) is 10.4. The molecule has 0 rings (SSSR count). The summed E-state index contributed by atoms with van der Waals surface area (Å²) >= 11 is 3.80. The molecule has 4 atom stereocenters. The average Bonchev–Trinajstić information content (AvgIpc) is 2.67. The molecule has 32 heavy (non-hydrogen) atoms. The number of amides is 4. The molecule has 0 aliphatic rings. The molecular weight excluding hydrogens is 454 g/mol. The van der Waals surface area contributed by atoms with Crippen molar-refractivity contribution >= 4 is 54.2 Å². The van der Waals surface area contributed by atoms with Gasteiger partial charge in [0.1, 0.15) is 18.1 Å². The Labute approximate surface area is 186 Å². The molecule has 0 saturated heterocycles. The highest BCUT2D eigenvalue weighted by Gasteiger charge is 2.32. The van der Waals surface area contributed by atoms with Gasteiger partial charge in [-0.2, -0.15) is 12.6 Å². The lowest BCUT2D eigenvalue weighted by Gasteiger charge is -2.23. The maximum absolute atomic E-state index is 12.5. The molecule has 0 saturated carbocycles. The van der Waals surface area contributed by atoms with Gasteiger partial charge in [-0.1, -0.05) is 0 Å². The summed E-state index contributed by atoms with van der Waals surface area (Å²) in [6.45, 7) is 0. The van der Waals surface area contributed by atoms with E-state index in [1.807, 2.05) is 10.6 Å². The fourth-order valence-corrected chi connectivity index (χ4v) is 2.38. The van der Waals surface area contributed by atoms with Crippen LogP contribution in [0.2, 0.25) is 0 Å². The largest absolute Gasteiger partial charge is 0.481 e. The van der Waals surface area contributed by atoms with Crippen molar-refractivity contribution in [1.82, 2.24) is 16.0 Å². The van der Waals surface area contributed by atoms with Gasteiger partial charge >= 0.3 is 17.9 Å². The molecule has 10 N–H and O–H groups in total. The van der Waals surface area contributed by atoms with Crippen molar-refractivity contribution in [1.29, 1.82) is 0 Å². The Bertz CT molecular complexity index is 761. The van der Waals surface area contributed by atoms with E-state index in [2.05, 4.69) is 17.9 Å². The lowest BCUT2D eigenvalue weighted by atomic mass is 10.1. The molecule has 16 heteroatoms. The molecule has 0 aromatic rings. The van der Waals surface area contributed by atoms with Crippen LogP contribution in [0.1, 0.15) is 25.7 Å². The minimum absolute atomic E-state index is 0.126. The van der Waals surface area contributed by atoms with Crippen molar-refractivity contribution in [2.45, 2.75) is 49.9 Å². The van der Waals surface area contributed by atoms with E-state index in [1.54, 1.807) is 0 Å². The van der Waals surface area contributed by atoms with Crippen molar-refractivity contribution < 1.29 is 48.9 Å². The number of nitrogens with one attached hydrogen (secondary N) is 3. The summed E-state index contributed by atoms with van der Waals surface area (Å²) in [5.74, 6) is -8.93. The van der Waals surface area contributed by atoms with Gasteiger partial charge in [0, 0.05) is 12.2 Å². The number of thiol groups is 1. The van der Waals surface area contributed by atoms with Gasteiger partial charge in [-0.3, -0.25) is 28.8 Å². The fraction of sp³-hybridized carbons (Fsp3) is 0.562. The fourth-order valence-electron chi connectivity index (χ4n) is 2.22. The van der Waals surface area contributed by atoms with Crippen molar-refractivity contribution in [2.24, 2.45) is 11.5 Å². The SMILES string of the molecule is NC(=O)CCC(NC(=O)C(CC(=O)O)NC(=O)C(CC(=O)O)NC(=O)C(N)CS)C(=O)O. The number of carboxylic acid groups (broad SMARTS) is 3. The molecule has 0 aliphatic carbocycles. The molecular formula is C16H25N5O10S. The smallest absolute Gasteiger partial charge is 0.326 e. The van der Waals surface area contributed by atoms with E-state index in [-0.39, 0.29) is 5.75 Å². The summed E-state index contributed by atoms with van der Waals surface area (Å²) < 4.78 is 0. The number of primary amides is 1. The quantitative estimate of drug-likeness (QED) is 0.102. The number of hydrogen-bond donors (Lipinski definition) is 9. The molecule has 180 valence electrons. The van der Waals surface area contributed by atoms with Gasteiger partial charge in [0.05, 0.1) is 18.9 Å². The maximum Gasteiger partial charge on any atom is 0.326 e. The molecule has 0 radical (unpaired) electrons. The predicted molar refractivity (Wildman–Crippen MR) is 108 cm³/mol. The zero-order valence-corrected chi connectivity index (χ0v) is 17.5. The van der Waals surface area contributed by atoms with Crippen molar-refractivity contribution in [3.8, 4) is 0 Å².